The van der Waals surface area contributed by atoms with E-state index in [1.165, 1.54) is 11.1 Å². The number of rotatable bonds is 5. The molecule has 1 N–H and O–H groups in total. The molecule has 0 saturated carbocycles. The molecule has 1 aromatic carbocycles. The molecular weight excluding hydrogens is 242 g/mol. The molecule has 0 radical (unpaired) electrons. The Hall–Kier alpha value is -1.42. The molecule has 1 heterocycles. The number of nitrogens with zero attached hydrogens (tertiary/aromatic N) is 2. The van der Waals surface area contributed by atoms with Crippen LogP contribution < -0.4 is 5.32 Å². The van der Waals surface area contributed by atoms with Crippen LogP contribution in [0.3, 0.4) is 0 Å². The number of anilines is 1. The zero-order chi connectivity index (χ0) is 13.0. The Morgan fingerprint density at radius 1 is 1.22 bits per heavy atom. The van der Waals surface area contributed by atoms with Gasteiger partial charge < -0.3 is 5.32 Å². The van der Waals surface area contributed by atoms with E-state index in [0.717, 1.165) is 23.1 Å². The molecule has 0 amide bonds. The molecule has 0 aliphatic heterocycles. The van der Waals surface area contributed by atoms with Gasteiger partial charge in [-0.15, -0.1) is 10.2 Å². The topological polar surface area (TPSA) is 37.8 Å². The minimum Gasteiger partial charge on any atom is -0.360 e. The normalized spacial score (nSPS) is 10.9. The van der Waals surface area contributed by atoms with Crippen molar-refractivity contribution in [2.45, 2.75) is 33.1 Å². The number of aryl methyl sites for hydroxylation is 1. The molecule has 0 aliphatic rings. The third-order valence-corrected chi connectivity index (χ3v) is 4.05. The van der Waals surface area contributed by atoms with Crippen molar-refractivity contribution >= 4 is 16.5 Å². The van der Waals surface area contributed by atoms with Crippen molar-refractivity contribution in [1.82, 2.24) is 10.2 Å². The van der Waals surface area contributed by atoms with Crippen LogP contribution in [0.1, 0.15) is 35.9 Å². The van der Waals surface area contributed by atoms with Gasteiger partial charge >= 0.3 is 0 Å². The molecule has 3 nitrogen and oxygen atoms in total. The summed E-state index contributed by atoms with van der Waals surface area (Å²) in [5, 5.41) is 13.7. The fraction of sp³-hybridized carbons (Fsp3) is 0.429. The molecule has 2 aromatic rings. The zero-order valence-electron chi connectivity index (χ0n) is 11.1. The zero-order valence-corrected chi connectivity index (χ0v) is 11.9. The van der Waals surface area contributed by atoms with Crippen LogP contribution in [0, 0.1) is 6.92 Å². The Labute approximate surface area is 112 Å². The van der Waals surface area contributed by atoms with Crippen molar-refractivity contribution in [1.29, 1.82) is 0 Å². The lowest BCUT2D eigenvalue weighted by atomic mass is 10.1. The summed E-state index contributed by atoms with van der Waals surface area (Å²) in [6.45, 7) is 7.32. The van der Waals surface area contributed by atoms with Gasteiger partial charge in [-0.2, -0.15) is 0 Å². The van der Waals surface area contributed by atoms with Crippen molar-refractivity contribution in [3.05, 3.63) is 40.4 Å². The van der Waals surface area contributed by atoms with Crippen LogP contribution in [0.4, 0.5) is 5.13 Å². The Kier molecular flexibility index (Phi) is 4.31. The van der Waals surface area contributed by atoms with Gasteiger partial charge in [-0.3, -0.25) is 0 Å². The second kappa shape index (κ2) is 5.96. The Bertz CT molecular complexity index is 505. The van der Waals surface area contributed by atoms with Crippen LogP contribution in [0.15, 0.2) is 24.3 Å². The first-order chi connectivity index (χ1) is 8.66. The summed E-state index contributed by atoms with van der Waals surface area (Å²) in [5.74, 6) is 0.453. The van der Waals surface area contributed by atoms with Crippen LogP contribution in [0.2, 0.25) is 0 Å². The first kappa shape index (κ1) is 13.0. The lowest BCUT2D eigenvalue weighted by molar-refractivity contribution is 0.824. The Morgan fingerprint density at radius 3 is 2.67 bits per heavy atom. The van der Waals surface area contributed by atoms with E-state index >= 15 is 0 Å². The highest BCUT2D eigenvalue weighted by Gasteiger charge is 2.07. The van der Waals surface area contributed by atoms with E-state index < -0.39 is 0 Å². The summed E-state index contributed by atoms with van der Waals surface area (Å²) < 4.78 is 0. The monoisotopic (exact) mass is 261 g/mol. The quantitative estimate of drug-likeness (QED) is 0.893. The highest BCUT2D eigenvalue weighted by Crippen LogP contribution is 2.22. The molecule has 18 heavy (non-hydrogen) atoms. The van der Waals surface area contributed by atoms with Gasteiger partial charge in [-0.25, -0.2) is 0 Å². The van der Waals surface area contributed by atoms with E-state index in [2.05, 4.69) is 60.6 Å². The third kappa shape index (κ3) is 3.29. The van der Waals surface area contributed by atoms with Crippen molar-refractivity contribution in [2.75, 3.05) is 11.9 Å². The smallest absolute Gasteiger partial charge is 0.205 e. The minimum absolute atomic E-state index is 0.453. The summed E-state index contributed by atoms with van der Waals surface area (Å²) in [6.07, 6.45) is 1.02. The molecule has 2 rings (SSSR count). The predicted molar refractivity (Wildman–Crippen MR) is 77.4 cm³/mol. The van der Waals surface area contributed by atoms with Gasteiger partial charge in [0.2, 0.25) is 5.13 Å². The van der Waals surface area contributed by atoms with Gasteiger partial charge in [0.05, 0.1) is 0 Å². The number of hydrogen-bond donors (Lipinski definition) is 1. The van der Waals surface area contributed by atoms with E-state index in [1.54, 1.807) is 11.3 Å². The van der Waals surface area contributed by atoms with Crippen molar-refractivity contribution < 1.29 is 0 Å². The summed E-state index contributed by atoms with van der Waals surface area (Å²) in [6, 6.07) is 8.49. The molecule has 0 unspecified atom stereocenters. The molecule has 4 heteroatoms. The molecule has 0 atom stereocenters. The standard InChI is InChI=1S/C14H19N3S/c1-10(2)13-16-17-14(18-13)15-9-8-12-7-5-4-6-11(12)3/h4-7,10H,8-9H2,1-3H3,(H,15,17). The number of nitrogens with one attached hydrogen (secondary N) is 1. The maximum atomic E-state index is 4.16. The molecule has 96 valence electrons. The number of aromatic nitrogens is 2. The maximum absolute atomic E-state index is 4.16. The fourth-order valence-electron chi connectivity index (χ4n) is 1.73. The van der Waals surface area contributed by atoms with Gasteiger partial charge in [0.1, 0.15) is 5.01 Å². The number of benzene rings is 1. The number of hydrogen-bond acceptors (Lipinski definition) is 4. The van der Waals surface area contributed by atoms with E-state index in [-0.39, 0.29) is 0 Å². The molecule has 0 fully saturated rings. The van der Waals surface area contributed by atoms with Crippen LogP contribution >= 0.6 is 11.3 Å². The Morgan fingerprint density at radius 2 is 2.00 bits per heavy atom. The van der Waals surface area contributed by atoms with Crippen molar-refractivity contribution in [2.24, 2.45) is 0 Å². The summed E-state index contributed by atoms with van der Waals surface area (Å²) in [7, 11) is 0. The van der Waals surface area contributed by atoms with Gasteiger partial charge in [0, 0.05) is 12.5 Å². The summed E-state index contributed by atoms with van der Waals surface area (Å²) in [5.41, 5.74) is 2.73. The second-order valence-corrected chi connectivity index (χ2v) is 5.71. The average Bonchev–Trinajstić information content (AvgIpc) is 2.80. The van der Waals surface area contributed by atoms with E-state index in [9.17, 15) is 0 Å². The van der Waals surface area contributed by atoms with Crippen LogP contribution in [-0.2, 0) is 6.42 Å². The van der Waals surface area contributed by atoms with Crippen molar-refractivity contribution in [3.8, 4) is 0 Å². The fourth-order valence-corrected chi connectivity index (χ4v) is 2.51. The average molecular weight is 261 g/mol. The van der Waals surface area contributed by atoms with Crippen LogP contribution in [-0.4, -0.2) is 16.7 Å². The highest BCUT2D eigenvalue weighted by molar-refractivity contribution is 7.15. The lowest BCUT2D eigenvalue weighted by Crippen LogP contribution is -2.05. The maximum Gasteiger partial charge on any atom is 0.205 e. The molecule has 0 spiro atoms. The lowest BCUT2D eigenvalue weighted by Gasteiger charge is -2.05. The first-order valence-corrected chi connectivity index (χ1v) is 7.10. The van der Waals surface area contributed by atoms with E-state index in [4.69, 9.17) is 0 Å². The largest absolute Gasteiger partial charge is 0.360 e. The van der Waals surface area contributed by atoms with Gasteiger partial charge in [0.25, 0.3) is 0 Å². The predicted octanol–water partition coefficient (Wildman–Crippen LogP) is 3.62. The molecule has 1 aromatic heterocycles. The second-order valence-electron chi connectivity index (χ2n) is 4.70. The third-order valence-electron chi connectivity index (χ3n) is 2.87. The molecule has 0 bridgehead atoms. The summed E-state index contributed by atoms with van der Waals surface area (Å²) in [4.78, 5) is 0. The molecule has 0 aliphatic carbocycles. The first-order valence-electron chi connectivity index (χ1n) is 6.28. The summed E-state index contributed by atoms with van der Waals surface area (Å²) >= 11 is 1.65. The SMILES string of the molecule is Cc1ccccc1CCNc1nnc(C(C)C)s1. The minimum atomic E-state index is 0.453. The Balaban J connectivity index is 1.87. The molecular formula is C14H19N3S. The van der Waals surface area contributed by atoms with Gasteiger partial charge in [-0.05, 0) is 24.5 Å². The van der Waals surface area contributed by atoms with E-state index in [0.29, 0.717) is 5.92 Å². The van der Waals surface area contributed by atoms with Crippen LogP contribution in [0.5, 0.6) is 0 Å². The van der Waals surface area contributed by atoms with Gasteiger partial charge in [0.15, 0.2) is 0 Å². The van der Waals surface area contributed by atoms with E-state index in [1.807, 2.05) is 0 Å². The molecule has 0 saturated heterocycles. The van der Waals surface area contributed by atoms with Crippen LogP contribution in [0.25, 0.3) is 0 Å². The van der Waals surface area contributed by atoms with Crippen molar-refractivity contribution in [3.63, 3.8) is 0 Å². The highest BCUT2D eigenvalue weighted by atomic mass is 32.1. The van der Waals surface area contributed by atoms with Gasteiger partial charge in [-0.1, -0.05) is 49.4 Å².